The fourth-order valence-corrected chi connectivity index (χ4v) is 3.90. The highest BCUT2D eigenvalue weighted by molar-refractivity contribution is 6.01. The van der Waals surface area contributed by atoms with Crippen molar-refractivity contribution in [3.63, 3.8) is 0 Å². The molecule has 1 aliphatic heterocycles. The van der Waals surface area contributed by atoms with E-state index in [1.165, 1.54) is 14.2 Å². The molecule has 0 bridgehead atoms. The quantitative estimate of drug-likeness (QED) is 0.446. The number of hydrogen-bond acceptors (Lipinski definition) is 6. The molecule has 1 fully saturated rings. The fourth-order valence-electron chi connectivity index (χ4n) is 3.90. The second-order valence-electron chi connectivity index (χ2n) is 7.94. The number of methoxy groups -OCH3 is 2. The number of carbonyl (C=O) groups is 2. The van der Waals surface area contributed by atoms with Crippen LogP contribution in [0.3, 0.4) is 0 Å². The van der Waals surface area contributed by atoms with E-state index in [9.17, 15) is 14.0 Å². The van der Waals surface area contributed by atoms with E-state index in [1.807, 2.05) is 18.2 Å². The minimum absolute atomic E-state index is 0.0575. The highest BCUT2D eigenvalue weighted by Gasteiger charge is 2.52. The Kier molecular flexibility index (Phi) is 6.21. The van der Waals surface area contributed by atoms with Crippen molar-refractivity contribution >= 4 is 11.9 Å². The first-order valence-electron chi connectivity index (χ1n) is 10.6. The van der Waals surface area contributed by atoms with Crippen LogP contribution < -0.4 is 19.5 Å². The maximum atomic E-state index is 12.5. The molecular weight excluding hydrogens is 417 g/mol. The summed E-state index contributed by atoms with van der Waals surface area (Å²) in [6.45, 7) is 0.0506. The minimum atomic E-state index is -0.738. The number of alkyl halides is 1. The Hall–Kier alpha value is -3.29. The second kappa shape index (κ2) is 9.06. The molecule has 4 rings (SSSR count). The third kappa shape index (κ3) is 3.97. The second-order valence-corrected chi connectivity index (χ2v) is 7.94. The molecule has 1 N–H and O–H groups in total. The average molecular weight is 443 g/mol. The molecule has 0 spiro atoms. The van der Waals surface area contributed by atoms with Gasteiger partial charge in [0.05, 0.1) is 27.5 Å². The van der Waals surface area contributed by atoms with Crippen LogP contribution in [0.15, 0.2) is 30.3 Å². The summed E-state index contributed by atoms with van der Waals surface area (Å²) in [5.41, 5.74) is 2.34. The van der Waals surface area contributed by atoms with Crippen molar-refractivity contribution in [1.29, 1.82) is 0 Å². The number of benzene rings is 2. The molecule has 2 aliphatic rings. The first-order valence-corrected chi connectivity index (χ1v) is 10.6. The maximum absolute atomic E-state index is 12.5. The zero-order valence-corrected chi connectivity index (χ0v) is 18.2. The third-order valence-electron chi connectivity index (χ3n) is 5.93. The average Bonchev–Trinajstić information content (AvgIpc) is 3.52. The maximum Gasteiger partial charge on any atom is 0.315 e. The molecule has 32 heavy (non-hydrogen) atoms. The molecule has 7 nitrogen and oxygen atoms in total. The minimum Gasteiger partial charge on any atom is -0.493 e. The molecular formula is C24H26FNO6. The van der Waals surface area contributed by atoms with Crippen LogP contribution in [0, 0.1) is 5.41 Å². The van der Waals surface area contributed by atoms with E-state index in [4.69, 9.17) is 18.9 Å². The van der Waals surface area contributed by atoms with Crippen molar-refractivity contribution in [2.24, 2.45) is 5.41 Å². The predicted octanol–water partition coefficient (Wildman–Crippen LogP) is 3.68. The van der Waals surface area contributed by atoms with Gasteiger partial charge in [0, 0.05) is 24.1 Å². The van der Waals surface area contributed by atoms with Crippen molar-refractivity contribution in [3.8, 4) is 28.4 Å². The lowest BCUT2D eigenvalue weighted by Crippen LogP contribution is -2.26. The highest BCUT2D eigenvalue weighted by atomic mass is 19.1. The lowest BCUT2D eigenvalue weighted by molar-refractivity contribution is -0.151. The Balaban J connectivity index is 1.67. The summed E-state index contributed by atoms with van der Waals surface area (Å²) in [7, 11) is 3.06. The van der Waals surface area contributed by atoms with E-state index in [2.05, 4.69) is 5.32 Å². The molecule has 1 heterocycles. The van der Waals surface area contributed by atoms with E-state index < -0.39 is 12.1 Å². The number of ether oxygens (including phenoxy) is 4. The Morgan fingerprint density at radius 2 is 1.84 bits per heavy atom. The SMILES string of the molecule is COc1ccc(-c2cccc3c2CNC3=O)c(OCC2(C(=O)OCCCF)CC2)c1OC. The molecule has 170 valence electrons. The van der Waals surface area contributed by atoms with Crippen LogP contribution >= 0.6 is 0 Å². The van der Waals surface area contributed by atoms with Gasteiger partial charge in [0.25, 0.3) is 5.91 Å². The van der Waals surface area contributed by atoms with Gasteiger partial charge >= 0.3 is 5.97 Å². The van der Waals surface area contributed by atoms with Crippen LogP contribution in [0.5, 0.6) is 17.2 Å². The third-order valence-corrected chi connectivity index (χ3v) is 5.93. The number of fused-ring (bicyclic) bond motifs is 1. The van der Waals surface area contributed by atoms with Crippen molar-refractivity contribution in [1.82, 2.24) is 5.32 Å². The molecule has 0 saturated heterocycles. The van der Waals surface area contributed by atoms with Crippen LogP contribution in [0.4, 0.5) is 4.39 Å². The predicted molar refractivity (Wildman–Crippen MR) is 115 cm³/mol. The molecule has 0 aromatic heterocycles. The lowest BCUT2D eigenvalue weighted by atomic mass is 9.95. The molecule has 1 amide bonds. The fraction of sp³-hybridized carbons (Fsp3) is 0.417. The molecule has 1 saturated carbocycles. The van der Waals surface area contributed by atoms with Crippen molar-refractivity contribution in [3.05, 3.63) is 41.5 Å². The van der Waals surface area contributed by atoms with Gasteiger partial charge in [-0.2, -0.15) is 0 Å². The van der Waals surface area contributed by atoms with E-state index in [-0.39, 0.29) is 31.5 Å². The Bertz CT molecular complexity index is 1030. The number of amides is 1. The topological polar surface area (TPSA) is 83.1 Å². The summed E-state index contributed by atoms with van der Waals surface area (Å²) in [6.07, 6.45) is 1.47. The normalized spacial score (nSPS) is 15.5. The van der Waals surface area contributed by atoms with Gasteiger partial charge in [-0.3, -0.25) is 14.0 Å². The number of halogens is 1. The number of esters is 1. The van der Waals surface area contributed by atoms with Crippen LogP contribution in [-0.4, -0.2) is 46.0 Å². The Labute approximate surface area is 185 Å². The van der Waals surface area contributed by atoms with Gasteiger partial charge in [0.2, 0.25) is 5.75 Å². The molecule has 1 aliphatic carbocycles. The number of carbonyl (C=O) groups excluding carboxylic acids is 2. The van der Waals surface area contributed by atoms with Gasteiger partial charge in [-0.15, -0.1) is 0 Å². The summed E-state index contributed by atoms with van der Waals surface area (Å²) >= 11 is 0. The summed E-state index contributed by atoms with van der Waals surface area (Å²) in [4.78, 5) is 24.7. The summed E-state index contributed by atoms with van der Waals surface area (Å²) in [5.74, 6) is 0.842. The standard InChI is InChI=1S/C24H26FNO6/c1-29-19-8-7-16(15-5-3-6-17-18(15)13-26-22(17)27)20(21(19)30-2)32-14-24(9-10-24)23(28)31-12-4-11-25/h3,5-8H,4,9-14H2,1-2H3,(H,26,27). The molecule has 0 unspecified atom stereocenters. The van der Waals surface area contributed by atoms with Gasteiger partial charge in [0.1, 0.15) is 12.0 Å². The summed E-state index contributed by atoms with van der Waals surface area (Å²) < 4.78 is 34.8. The van der Waals surface area contributed by atoms with Gasteiger partial charge in [-0.05, 0) is 42.2 Å². The molecule has 2 aromatic rings. The van der Waals surface area contributed by atoms with Gasteiger partial charge in [-0.1, -0.05) is 12.1 Å². The van der Waals surface area contributed by atoms with E-state index in [0.717, 1.165) is 16.7 Å². The van der Waals surface area contributed by atoms with Gasteiger partial charge in [-0.25, -0.2) is 0 Å². The van der Waals surface area contributed by atoms with E-state index in [1.54, 1.807) is 12.1 Å². The zero-order chi connectivity index (χ0) is 22.7. The van der Waals surface area contributed by atoms with Crippen molar-refractivity contribution in [2.45, 2.75) is 25.8 Å². The summed E-state index contributed by atoms with van der Waals surface area (Å²) in [5, 5.41) is 2.85. The van der Waals surface area contributed by atoms with Gasteiger partial charge < -0.3 is 24.3 Å². The number of nitrogens with one attached hydrogen (secondary N) is 1. The highest BCUT2D eigenvalue weighted by Crippen LogP contribution is 2.50. The summed E-state index contributed by atoms with van der Waals surface area (Å²) in [6, 6.07) is 9.17. The van der Waals surface area contributed by atoms with Crippen LogP contribution in [0.25, 0.3) is 11.1 Å². The van der Waals surface area contributed by atoms with Crippen LogP contribution in [0.2, 0.25) is 0 Å². The van der Waals surface area contributed by atoms with Crippen molar-refractivity contribution in [2.75, 3.05) is 34.1 Å². The molecule has 2 aromatic carbocycles. The van der Waals surface area contributed by atoms with Crippen LogP contribution in [-0.2, 0) is 16.1 Å². The van der Waals surface area contributed by atoms with Gasteiger partial charge in [0.15, 0.2) is 11.5 Å². The van der Waals surface area contributed by atoms with E-state index >= 15 is 0 Å². The number of hydrogen-bond donors (Lipinski definition) is 1. The lowest BCUT2D eigenvalue weighted by Gasteiger charge is -2.21. The van der Waals surface area contributed by atoms with E-state index in [0.29, 0.717) is 42.2 Å². The monoisotopic (exact) mass is 443 g/mol. The largest absolute Gasteiger partial charge is 0.493 e. The van der Waals surface area contributed by atoms with Crippen molar-refractivity contribution < 1.29 is 32.9 Å². The first kappa shape index (κ1) is 21.9. The number of rotatable bonds is 10. The van der Waals surface area contributed by atoms with Crippen LogP contribution in [0.1, 0.15) is 35.2 Å². The Morgan fingerprint density at radius 3 is 2.53 bits per heavy atom. The first-order chi connectivity index (χ1) is 15.5. The molecule has 8 heteroatoms. The smallest absolute Gasteiger partial charge is 0.315 e. The molecule has 0 atom stereocenters. The molecule has 0 radical (unpaired) electrons. The zero-order valence-electron chi connectivity index (χ0n) is 18.2. The Morgan fingerprint density at radius 1 is 1.06 bits per heavy atom.